The van der Waals surface area contributed by atoms with Gasteiger partial charge in [0.1, 0.15) is 19.3 Å². The van der Waals surface area contributed by atoms with E-state index in [0.717, 1.165) is 102 Å². The van der Waals surface area contributed by atoms with Gasteiger partial charge in [0.15, 0.2) is 12.2 Å². The molecule has 0 bridgehead atoms. The van der Waals surface area contributed by atoms with Crippen LogP contribution in [0.2, 0.25) is 0 Å². The zero-order valence-corrected chi connectivity index (χ0v) is 53.7. The molecule has 17 nitrogen and oxygen atoms in total. The number of aliphatic hydroxyl groups excluding tert-OH is 1. The first-order valence-electron chi connectivity index (χ1n) is 32.6. The van der Waals surface area contributed by atoms with Gasteiger partial charge in [0.25, 0.3) is 0 Å². The number of phosphoric acid groups is 2. The molecule has 0 aliphatic rings. The van der Waals surface area contributed by atoms with Gasteiger partial charge in [-0.15, -0.1) is 0 Å². The normalized spacial score (nSPS) is 14.3. The van der Waals surface area contributed by atoms with Crippen molar-refractivity contribution in [1.29, 1.82) is 0 Å². The summed E-state index contributed by atoms with van der Waals surface area (Å²) in [6.45, 7) is 7.02. The molecule has 0 saturated carbocycles. The number of carbonyl (C=O) groups is 4. The van der Waals surface area contributed by atoms with E-state index >= 15 is 0 Å². The minimum atomic E-state index is -4.94. The Bertz CT molecular complexity index is 1580. The van der Waals surface area contributed by atoms with Crippen LogP contribution in [-0.2, 0) is 65.4 Å². The van der Waals surface area contributed by atoms with Crippen LogP contribution in [0.4, 0.5) is 0 Å². The van der Waals surface area contributed by atoms with E-state index in [1.807, 2.05) is 0 Å². The summed E-state index contributed by atoms with van der Waals surface area (Å²) in [4.78, 5) is 71.6. The van der Waals surface area contributed by atoms with Crippen LogP contribution < -0.4 is 0 Å². The van der Waals surface area contributed by atoms with Crippen molar-refractivity contribution in [2.24, 2.45) is 5.92 Å². The lowest BCUT2D eigenvalue weighted by molar-refractivity contribution is -0.161. The number of aliphatic hydroxyl groups is 1. The molecule has 0 saturated heterocycles. The molecule has 0 aromatic heterocycles. The Morgan fingerprint density at radius 2 is 0.568 bits per heavy atom. The summed E-state index contributed by atoms with van der Waals surface area (Å²) in [5, 5.41) is 10.5. The van der Waals surface area contributed by atoms with Gasteiger partial charge < -0.3 is 33.8 Å². The lowest BCUT2D eigenvalue weighted by Crippen LogP contribution is -2.30. The van der Waals surface area contributed by atoms with Crippen molar-refractivity contribution in [1.82, 2.24) is 0 Å². The fraction of sp³-hybridized carbons (Fsp3) is 0.935. The summed E-state index contributed by atoms with van der Waals surface area (Å²) < 4.78 is 67.5. The zero-order chi connectivity index (χ0) is 59.9. The second kappa shape index (κ2) is 55.9. The first-order valence-corrected chi connectivity index (χ1v) is 35.6. The Hall–Kier alpha value is -1.94. The summed E-state index contributed by atoms with van der Waals surface area (Å²) in [6.07, 6.45) is 39.7. The average molecular weight is 1200 g/mol. The van der Waals surface area contributed by atoms with Gasteiger partial charge in [0, 0.05) is 25.7 Å². The number of esters is 4. The first kappa shape index (κ1) is 79.1. The number of hydrogen-bond acceptors (Lipinski definition) is 15. The van der Waals surface area contributed by atoms with Gasteiger partial charge in [-0.2, -0.15) is 0 Å². The highest BCUT2D eigenvalue weighted by Crippen LogP contribution is 2.45. The Labute approximate surface area is 492 Å². The van der Waals surface area contributed by atoms with Gasteiger partial charge in [0.2, 0.25) is 0 Å². The van der Waals surface area contributed by atoms with Gasteiger partial charge in [-0.05, 0) is 31.6 Å². The number of unbranched alkanes of at least 4 members (excludes halogenated alkanes) is 34. The molecule has 0 fully saturated rings. The molecule has 0 aliphatic heterocycles. The molecule has 19 heteroatoms. The zero-order valence-electron chi connectivity index (χ0n) is 51.9. The van der Waals surface area contributed by atoms with E-state index in [0.29, 0.717) is 25.7 Å². The van der Waals surface area contributed by atoms with Gasteiger partial charge >= 0.3 is 39.5 Å². The molecule has 480 valence electrons. The van der Waals surface area contributed by atoms with E-state index in [4.69, 9.17) is 37.0 Å². The molecular weight excluding hydrogens is 1080 g/mol. The van der Waals surface area contributed by atoms with Crippen LogP contribution in [0.25, 0.3) is 0 Å². The third-order valence-electron chi connectivity index (χ3n) is 14.3. The Morgan fingerprint density at radius 1 is 0.333 bits per heavy atom. The average Bonchev–Trinajstić information content (AvgIpc) is 3.43. The second-order valence-electron chi connectivity index (χ2n) is 22.9. The minimum Gasteiger partial charge on any atom is -0.462 e. The largest absolute Gasteiger partial charge is 0.472 e. The monoisotopic (exact) mass is 1200 g/mol. The highest BCUT2D eigenvalue weighted by Gasteiger charge is 2.30. The summed E-state index contributed by atoms with van der Waals surface area (Å²) in [5.74, 6) is -1.37. The summed E-state index contributed by atoms with van der Waals surface area (Å²) in [6, 6.07) is 0. The van der Waals surface area contributed by atoms with Crippen molar-refractivity contribution in [3.05, 3.63) is 0 Å². The summed E-state index contributed by atoms with van der Waals surface area (Å²) >= 11 is 0. The topological polar surface area (TPSA) is 237 Å². The van der Waals surface area contributed by atoms with Gasteiger partial charge in [0.05, 0.1) is 26.4 Å². The maximum atomic E-state index is 13.0. The molecule has 2 unspecified atom stereocenters. The van der Waals surface area contributed by atoms with Gasteiger partial charge in [-0.3, -0.25) is 37.3 Å². The molecule has 0 aromatic rings. The Balaban J connectivity index is 5.10. The van der Waals surface area contributed by atoms with Crippen LogP contribution in [-0.4, -0.2) is 96.7 Å². The van der Waals surface area contributed by atoms with Crippen molar-refractivity contribution >= 4 is 39.5 Å². The summed E-state index contributed by atoms with van der Waals surface area (Å²) in [7, 11) is -9.86. The van der Waals surface area contributed by atoms with Crippen LogP contribution >= 0.6 is 15.6 Å². The molecule has 0 rings (SSSR count). The van der Waals surface area contributed by atoms with E-state index in [9.17, 15) is 43.2 Å². The molecule has 0 spiro atoms. The Kier molecular flexibility index (Phi) is 54.6. The summed E-state index contributed by atoms with van der Waals surface area (Å²) in [5.41, 5.74) is 0. The minimum absolute atomic E-state index is 0.0989. The fourth-order valence-electron chi connectivity index (χ4n) is 9.23. The van der Waals surface area contributed by atoms with E-state index in [1.54, 1.807) is 0 Å². The van der Waals surface area contributed by atoms with Crippen molar-refractivity contribution in [2.45, 2.75) is 329 Å². The lowest BCUT2D eigenvalue weighted by Gasteiger charge is -2.21. The van der Waals surface area contributed by atoms with Crippen molar-refractivity contribution in [2.75, 3.05) is 39.6 Å². The highest BCUT2D eigenvalue weighted by atomic mass is 31.2. The van der Waals surface area contributed by atoms with Crippen LogP contribution in [0.15, 0.2) is 0 Å². The van der Waals surface area contributed by atoms with Crippen molar-refractivity contribution < 1.29 is 80.2 Å². The maximum absolute atomic E-state index is 13.0. The smallest absolute Gasteiger partial charge is 0.462 e. The van der Waals surface area contributed by atoms with Crippen LogP contribution in [0, 0.1) is 5.92 Å². The standard InChI is InChI=1S/C62H120O17P2/c1-6-9-12-15-16-17-18-19-20-23-26-29-32-37-41-46-60(65)73-52-58(79-62(67)48-43-38-33-30-27-24-21-22-25-28-31-36-39-44-55(4)5)54-77-81(70,71)75-50-56(63)49-74-80(68,69)76-53-57(78-61(66)47-42-35-14-11-8-3)51-72-59(64)45-40-34-13-10-7-2/h55-58,63H,6-54H2,1-5H3,(H,68,69)(H,70,71)/t56-,57+,58+/m0/s1. The number of phosphoric ester groups is 2. The van der Waals surface area contributed by atoms with E-state index < -0.39 is 97.5 Å². The lowest BCUT2D eigenvalue weighted by atomic mass is 10.0. The number of carbonyl (C=O) groups excluding carboxylic acids is 4. The van der Waals surface area contributed by atoms with E-state index in [2.05, 4.69) is 34.6 Å². The van der Waals surface area contributed by atoms with E-state index in [-0.39, 0.29) is 25.7 Å². The molecule has 3 N–H and O–H groups in total. The SMILES string of the molecule is CCCCCCCCCCCCCCCCCC(=O)OC[C@H](COP(=O)(O)OC[C@@H](O)COP(=O)(O)OC[C@@H](COC(=O)CCCCCCC)OC(=O)CCCCCCC)OC(=O)CCCCCCCCCCCCCCCC(C)C. The predicted octanol–water partition coefficient (Wildman–Crippen LogP) is 17.0. The third-order valence-corrected chi connectivity index (χ3v) is 16.2. The molecule has 0 aromatic carbocycles. The number of ether oxygens (including phenoxy) is 4. The number of rotatable bonds is 62. The maximum Gasteiger partial charge on any atom is 0.472 e. The quantitative estimate of drug-likeness (QED) is 0.0222. The molecule has 81 heavy (non-hydrogen) atoms. The highest BCUT2D eigenvalue weighted by molar-refractivity contribution is 7.47. The fourth-order valence-corrected chi connectivity index (χ4v) is 10.8. The molecular formula is C62H120O17P2. The molecule has 5 atom stereocenters. The third kappa shape index (κ3) is 56.9. The Morgan fingerprint density at radius 3 is 0.840 bits per heavy atom. The van der Waals surface area contributed by atoms with E-state index in [1.165, 1.54) is 128 Å². The van der Waals surface area contributed by atoms with Crippen LogP contribution in [0.1, 0.15) is 311 Å². The second-order valence-corrected chi connectivity index (χ2v) is 25.8. The molecule has 0 amide bonds. The predicted molar refractivity (Wildman–Crippen MR) is 322 cm³/mol. The number of hydrogen-bond donors (Lipinski definition) is 3. The first-order chi connectivity index (χ1) is 39.0. The molecule has 0 heterocycles. The van der Waals surface area contributed by atoms with Crippen LogP contribution in [0.3, 0.4) is 0 Å². The molecule has 0 aliphatic carbocycles. The van der Waals surface area contributed by atoms with Crippen LogP contribution in [0.5, 0.6) is 0 Å². The molecule has 0 radical (unpaired) electrons. The van der Waals surface area contributed by atoms with Gasteiger partial charge in [-0.1, -0.05) is 259 Å². The van der Waals surface area contributed by atoms with Crippen molar-refractivity contribution in [3.63, 3.8) is 0 Å². The van der Waals surface area contributed by atoms with Gasteiger partial charge in [-0.25, -0.2) is 9.13 Å². The van der Waals surface area contributed by atoms with Crippen molar-refractivity contribution in [3.8, 4) is 0 Å².